The molecule has 0 saturated heterocycles. The summed E-state index contributed by atoms with van der Waals surface area (Å²) in [4.78, 5) is 13.2. The van der Waals surface area contributed by atoms with E-state index in [9.17, 15) is 4.79 Å². The molecule has 1 aromatic rings. The van der Waals surface area contributed by atoms with Gasteiger partial charge in [0.15, 0.2) is 6.10 Å². The number of hydrogen-bond acceptors (Lipinski definition) is 3. The van der Waals surface area contributed by atoms with Crippen LogP contribution >= 0.6 is 0 Å². The molecule has 17 heavy (non-hydrogen) atoms. The minimum Gasteiger partial charge on any atom is -0.481 e. The van der Waals surface area contributed by atoms with Gasteiger partial charge in [0, 0.05) is 25.7 Å². The zero-order valence-corrected chi connectivity index (χ0v) is 10.8. The van der Waals surface area contributed by atoms with E-state index in [4.69, 9.17) is 10.5 Å². The zero-order chi connectivity index (χ0) is 13.0. The first-order chi connectivity index (χ1) is 7.93. The number of hydrogen-bond donors (Lipinski definition) is 1. The first kappa shape index (κ1) is 13.5. The van der Waals surface area contributed by atoms with Crippen LogP contribution in [0.4, 0.5) is 0 Å². The summed E-state index contributed by atoms with van der Waals surface area (Å²) in [6, 6.07) is 7.40. The highest BCUT2D eigenvalue weighted by atomic mass is 16.5. The lowest BCUT2D eigenvalue weighted by Crippen LogP contribution is -2.35. The summed E-state index contributed by atoms with van der Waals surface area (Å²) in [7, 11) is 3.42. The van der Waals surface area contributed by atoms with Gasteiger partial charge in [0.25, 0.3) is 5.91 Å². The Morgan fingerprint density at radius 3 is 2.41 bits per heavy atom. The van der Waals surface area contributed by atoms with E-state index in [0.29, 0.717) is 5.75 Å². The molecule has 0 heterocycles. The molecule has 0 aliphatic heterocycles. The summed E-state index contributed by atoms with van der Waals surface area (Å²) < 4.78 is 5.66. The zero-order valence-electron chi connectivity index (χ0n) is 10.8. The van der Waals surface area contributed by atoms with Crippen LogP contribution in [-0.2, 0) is 4.79 Å². The molecule has 0 saturated carbocycles. The Hall–Kier alpha value is -1.55. The van der Waals surface area contributed by atoms with Crippen molar-refractivity contribution in [2.45, 2.75) is 26.0 Å². The third-order valence-corrected chi connectivity index (χ3v) is 2.50. The maximum atomic E-state index is 11.7. The van der Waals surface area contributed by atoms with Gasteiger partial charge < -0.3 is 15.4 Å². The van der Waals surface area contributed by atoms with Gasteiger partial charge in [-0.3, -0.25) is 4.79 Å². The SMILES string of the molecule is CC(Oc1ccccc1[C@@H](C)N)C(=O)N(C)C. The Morgan fingerprint density at radius 1 is 1.29 bits per heavy atom. The molecule has 0 radical (unpaired) electrons. The molecule has 0 aromatic heterocycles. The standard InChI is InChI=1S/C13H20N2O2/c1-9(14)11-7-5-6-8-12(11)17-10(2)13(16)15(3)4/h5-10H,14H2,1-4H3/t9-,10?/m1/s1. The molecule has 0 fully saturated rings. The van der Waals surface area contributed by atoms with Gasteiger partial charge in [-0.1, -0.05) is 18.2 Å². The van der Waals surface area contributed by atoms with Gasteiger partial charge in [-0.05, 0) is 19.9 Å². The third kappa shape index (κ3) is 3.46. The summed E-state index contributed by atoms with van der Waals surface area (Å²) in [6.07, 6.45) is -0.509. The molecule has 2 N–H and O–H groups in total. The van der Waals surface area contributed by atoms with E-state index in [1.807, 2.05) is 31.2 Å². The Kier molecular flexibility index (Phi) is 4.52. The maximum Gasteiger partial charge on any atom is 0.262 e. The van der Waals surface area contributed by atoms with E-state index < -0.39 is 6.10 Å². The summed E-state index contributed by atoms with van der Waals surface area (Å²) in [5.41, 5.74) is 6.76. The Balaban J connectivity index is 2.85. The average molecular weight is 236 g/mol. The van der Waals surface area contributed by atoms with Crippen molar-refractivity contribution in [2.24, 2.45) is 5.73 Å². The molecule has 1 unspecified atom stereocenters. The van der Waals surface area contributed by atoms with Crippen molar-refractivity contribution in [3.63, 3.8) is 0 Å². The van der Waals surface area contributed by atoms with Crippen molar-refractivity contribution in [3.05, 3.63) is 29.8 Å². The van der Waals surface area contributed by atoms with Crippen molar-refractivity contribution in [1.29, 1.82) is 0 Å². The highest BCUT2D eigenvalue weighted by Gasteiger charge is 2.18. The second-order valence-corrected chi connectivity index (χ2v) is 4.32. The van der Waals surface area contributed by atoms with Gasteiger partial charge in [0.2, 0.25) is 0 Å². The lowest BCUT2D eigenvalue weighted by atomic mass is 10.1. The first-order valence-corrected chi connectivity index (χ1v) is 5.65. The lowest BCUT2D eigenvalue weighted by Gasteiger charge is -2.20. The molecule has 2 atom stereocenters. The summed E-state index contributed by atoms with van der Waals surface area (Å²) in [5.74, 6) is 0.606. The van der Waals surface area contributed by atoms with Crippen molar-refractivity contribution in [2.75, 3.05) is 14.1 Å². The fourth-order valence-corrected chi connectivity index (χ4v) is 1.57. The molecule has 0 aliphatic carbocycles. The molecule has 1 amide bonds. The maximum absolute atomic E-state index is 11.7. The predicted molar refractivity (Wildman–Crippen MR) is 67.8 cm³/mol. The number of likely N-dealkylation sites (N-methyl/N-ethyl adjacent to an activating group) is 1. The second-order valence-electron chi connectivity index (χ2n) is 4.32. The highest BCUT2D eigenvalue weighted by molar-refractivity contribution is 5.80. The number of carbonyl (C=O) groups is 1. The molecular formula is C13H20N2O2. The van der Waals surface area contributed by atoms with Crippen molar-refractivity contribution < 1.29 is 9.53 Å². The lowest BCUT2D eigenvalue weighted by molar-refractivity contribution is -0.135. The number of carbonyl (C=O) groups excluding carboxylic acids is 1. The molecular weight excluding hydrogens is 216 g/mol. The number of para-hydroxylation sites is 1. The molecule has 1 rings (SSSR count). The van der Waals surface area contributed by atoms with Crippen LogP contribution < -0.4 is 10.5 Å². The highest BCUT2D eigenvalue weighted by Crippen LogP contribution is 2.24. The predicted octanol–water partition coefficient (Wildman–Crippen LogP) is 1.56. The molecule has 4 heteroatoms. The monoisotopic (exact) mass is 236 g/mol. The smallest absolute Gasteiger partial charge is 0.262 e. The Labute approximate surface area is 102 Å². The van der Waals surface area contributed by atoms with E-state index in [-0.39, 0.29) is 11.9 Å². The number of ether oxygens (including phenoxy) is 1. The van der Waals surface area contributed by atoms with Gasteiger partial charge in [-0.25, -0.2) is 0 Å². The number of amides is 1. The minimum atomic E-state index is -0.509. The fourth-order valence-electron chi connectivity index (χ4n) is 1.57. The minimum absolute atomic E-state index is 0.0653. The fraction of sp³-hybridized carbons (Fsp3) is 0.462. The van der Waals surface area contributed by atoms with E-state index in [1.165, 1.54) is 4.90 Å². The third-order valence-electron chi connectivity index (χ3n) is 2.50. The average Bonchev–Trinajstić information content (AvgIpc) is 2.28. The molecule has 0 spiro atoms. The van der Waals surface area contributed by atoms with Gasteiger partial charge in [0.05, 0.1) is 0 Å². The Morgan fingerprint density at radius 2 is 1.88 bits per heavy atom. The quantitative estimate of drug-likeness (QED) is 0.863. The largest absolute Gasteiger partial charge is 0.481 e. The van der Waals surface area contributed by atoms with Crippen molar-refractivity contribution in [1.82, 2.24) is 4.90 Å². The normalized spacial score (nSPS) is 13.9. The van der Waals surface area contributed by atoms with Crippen LogP contribution in [-0.4, -0.2) is 31.0 Å². The van der Waals surface area contributed by atoms with E-state index >= 15 is 0 Å². The topological polar surface area (TPSA) is 55.6 Å². The van der Waals surface area contributed by atoms with Crippen molar-refractivity contribution in [3.8, 4) is 5.75 Å². The number of nitrogens with zero attached hydrogens (tertiary/aromatic N) is 1. The van der Waals surface area contributed by atoms with Crippen LogP contribution in [0.5, 0.6) is 5.75 Å². The molecule has 0 bridgehead atoms. The van der Waals surface area contributed by atoms with Crippen molar-refractivity contribution >= 4 is 5.91 Å². The number of rotatable bonds is 4. The van der Waals surface area contributed by atoms with E-state index in [1.54, 1.807) is 21.0 Å². The second kappa shape index (κ2) is 5.68. The van der Waals surface area contributed by atoms with Crippen LogP contribution in [0.2, 0.25) is 0 Å². The van der Waals surface area contributed by atoms with Crippen LogP contribution in [0.1, 0.15) is 25.5 Å². The molecule has 94 valence electrons. The summed E-state index contributed by atoms with van der Waals surface area (Å²) >= 11 is 0. The van der Waals surface area contributed by atoms with Gasteiger partial charge in [-0.2, -0.15) is 0 Å². The Bertz CT molecular complexity index is 389. The first-order valence-electron chi connectivity index (χ1n) is 5.65. The molecule has 1 aromatic carbocycles. The molecule has 4 nitrogen and oxygen atoms in total. The molecule has 0 aliphatic rings. The number of nitrogens with two attached hydrogens (primary N) is 1. The van der Waals surface area contributed by atoms with E-state index in [2.05, 4.69) is 0 Å². The van der Waals surface area contributed by atoms with Crippen LogP contribution in [0.25, 0.3) is 0 Å². The summed E-state index contributed by atoms with van der Waals surface area (Å²) in [6.45, 7) is 3.63. The van der Waals surface area contributed by atoms with Crippen LogP contribution in [0.15, 0.2) is 24.3 Å². The van der Waals surface area contributed by atoms with Crippen LogP contribution in [0.3, 0.4) is 0 Å². The van der Waals surface area contributed by atoms with Gasteiger partial charge >= 0.3 is 0 Å². The summed E-state index contributed by atoms with van der Waals surface area (Å²) in [5, 5.41) is 0. The van der Waals surface area contributed by atoms with Gasteiger partial charge in [0.1, 0.15) is 5.75 Å². The van der Waals surface area contributed by atoms with Gasteiger partial charge in [-0.15, -0.1) is 0 Å². The number of benzene rings is 1. The van der Waals surface area contributed by atoms with Crippen LogP contribution in [0, 0.1) is 0 Å². The van der Waals surface area contributed by atoms with E-state index in [0.717, 1.165) is 5.56 Å².